The maximum atomic E-state index is 11.5. The van der Waals surface area contributed by atoms with Crippen molar-refractivity contribution in [3.05, 3.63) is 29.3 Å². The standard InChI is InChI=1S/C15H23NO2/c1-11-9-12(15(2,3)4)7-8-13(11)18-10-14(17)16(5)6/h7-9H,10H2,1-6H3. The van der Waals surface area contributed by atoms with E-state index in [9.17, 15) is 4.79 Å². The molecule has 0 spiro atoms. The van der Waals surface area contributed by atoms with Gasteiger partial charge in [0.1, 0.15) is 5.75 Å². The summed E-state index contributed by atoms with van der Waals surface area (Å²) in [4.78, 5) is 13.0. The van der Waals surface area contributed by atoms with Crippen LogP contribution >= 0.6 is 0 Å². The second-order valence-electron chi connectivity index (χ2n) is 5.81. The van der Waals surface area contributed by atoms with E-state index in [4.69, 9.17) is 4.74 Å². The van der Waals surface area contributed by atoms with E-state index in [0.29, 0.717) is 0 Å². The lowest BCUT2D eigenvalue weighted by Crippen LogP contribution is -2.27. The van der Waals surface area contributed by atoms with E-state index in [2.05, 4.69) is 32.9 Å². The zero-order valence-electron chi connectivity index (χ0n) is 12.2. The third kappa shape index (κ3) is 3.76. The van der Waals surface area contributed by atoms with Crippen LogP contribution in [-0.2, 0) is 10.2 Å². The first kappa shape index (κ1) is 14.6. The fraction of sp³-hybridized carbons (Fsp3) is 0.533. The maximum absolute atomic E-state index is 11.5. The van der Waals surface area contributed by atoms with Gasteiger partial charge in [-0.25, -0.2) is 0 Å². The molecule has 0 bridgehead atoms. The number of amides is 1. The average molecular weight is 249 g/mol. The predicted octanol–water partition coefficient (Wildman–Crippen LogP) is 2.76. The summed E-state index contributed by atoms with van der Waals surface area (Å²) < 4.78 is 5.54. The van der Waals surface area contributed by atoms with Crippen molar-refractivity contribution in [2.24, 2.45) is 0 Å². The van der Waals surface area contributed by atoms with Crippen molar-refractivity contribution < 1.29 is 9.53 Å². The van der Waals surface area contributed by atoms with Crippen molar-refractivity contribution in [1.29, 1.82) is 0 Å². The highest BCUT2D eigenvalue weighted by atomic mass is 16.5. The minimum absolute atomic E-state index is 0.0331. The molecule has 0 aromatic heterocycles. The predicted molar refractivity (Wildman–Crippen MR) is 74.1 cm³/mol. The third-order valence-corrected chi connectivity index (χ3v) is 2.89. The molecular weight excluding hydrogens is 226 g/mol. The van der Waals surface area contributed by atoms with Gasteiger partial charge < -0.3 is 9.64 Å². The highest BCUT2D eigenvalue weighted by molar-refractivity contribution is 5.77. The van der Waals surface area contributed by atoms with Crippen LogP contribution in [0.15, 0.2) is 18.2 Å². The number of carbonyl (C=O) groups is 1. The summed E-state index contributed by atoms with van der Waals surface area (Å²) in [7, 11) is 3.45. The maximum Gasteiger partial charge on any atom is 0.259 e. The number of ether oxygens (including phenoxy) is 1. The molecule has 0 aliphatic carbocycles. The number of benzene rings is 1. The molecule has 0 atom stereocenters. The summed E-state index contributed by atoms with van der Waals surface area (Å²) in [6.45, 7) is 8.63. The molecular formula is C15H23NO2. The van der Waals surface area contributed by atoms with Gasteiger partial charge in [-0.3, -0.25) is 4.79 Å². The van der Waals surface area contributed by atoms with Crippen LogP contribution in [-0.4, -0.2) is 31.5 Å². The van der Waals surface area contributed by atoms with Crippen LogP contribution in [0.25, 0.3) is 0 Å². The summed E-state index contributed by atoms with van der Waals surface area (Å²) in [5.74, 6) is 0.743. The van der Waals surface area contributed by atoms with Gasteiger partial charge in [0.25, 0.3) is 5.91 Å². The molecule has 0 heterocycles. The number of carbonyl (C=O) groups excluding carboxylic acids is 1. The molecule has 3 heteroatoms. The van der Waals surface area contributed by atoms with Crippen molar-refractivity contribution in [2.45, 2.75) is 33.1 Å². The minimum Gasteiger partial charge on any atom is -0.484 e. The first-order valence-electron chi connectivity index (χ1n) is 6.16. The molecule has 1 rings (SSSR count). The summed E-state index contributed by atoms with van der Waals surface area (Å²) in [5.41, 5.74) is 2.46. The first-order valence-corrected chi connectivity index (χ1v) is 6.16. The molecule has 0 N–H and O–H groups in total. The number of rotatable bonds is 3. The molecule has 0 unspecified atom stereocenters. The molecule has 0 saturated carbocycles. The van der Waals surface area contributed by atoms with E-state index >= 15 is 0 Å². The second-order valence-corrected chi connectivity index (χ2v) is 5.81. The van der Waals surface area contributed by atoms with Gasteiger partial charge in [0.05, 0.1) is 0 Å². The Bertz CT molecular complexity index is 431. The van der Waals surface area contributed by atoms with Crippen LogP contribution in [0, 0.1) is 6.92 Å². The highest BCUT2D eigenvalue weighted by Crippen LogP contribution is 2.27. The van der Waals surface area contributed by atoms with E-state index in [1.165, 1.54) is 10.5 Å². The molecule has 0 saturated heterocycles. The van der Waals surface area contributed by atoms with E-state index < -0.39 is 0 Å². The molecule has 1 aromatic carbocycles. The number of likely N-dealkylation sites (N-methyl/N-ethyl adjacent to an activating group) is 1. The van der Waals surface area contributed by atoms with E-state index in [-0.39, 0.29) is 17.9 Å². The first-order chi connectivity index (χ1) is 8.21. The van der Waals surface area contributed by atoms with Crippen molar-refractivity contribution >= 4 is 5.91 Å². The van der Waals surface area contributed by atoms with E-state index in [1.54, 1.807) is 14.1 Å². The van der Waals surface area contributed by atoms with Crippen LogP contribution in [0.3, 0.4) is 0 Å². The lowest BCUT2D eigenvalue weighted by atomic mass is 9.86. The van der Waals surface area contributed by atoms with Crippen LogP contribution in [0.1, 0.15) is 31.9 Å². The fourth-order valence-corrected chi connectivity index (χ4v) is 1.55. The van der Waals surface area contributed by atoms with Crippen molar-refractivity contribution in [3.63, 3.8) is 0 Å². The van der Waals surface area contributed by atoms with Gasteiger partial charge in [0.15, 0.2) is 6.61 Å². The monoisotopic (exact) mass is 249 g/mol. The van der Waals surface area contributed by atoms with Gasteiger partial charge in [-0.05, 0) is 29.5 Å². The Hall–Kier alpha value is -1.51. The quantitative estimate of drug-likeness (QED) is 0.824. The second kappa shape index (κ2) is 5.42. The van der Waals surface area contributed by atoms with Gasteiger partial charge >= 0.3 is 0 Å². The summed E-state index contributed by atoms with van der Waals surface area (Å²) in [6.07, 6.45) is 0. The molecule has 3 nitrogen and oxygen atoms in total. The van der Waals surface area contributed by atoms with E-state index in [0.717, 1.165) is 11.3 Å². The van der Waals surface area contributed by atoms with Crippen LogP contribution < -0.4 is 4.74 Å². The number of hydrogen-bond acceptors (Lipinski definition) is 2. The van der Waals surface area contributed by atoms with Gasteiger partial charge in [-0.1, -0.05) is 32.9 Å². The Morgan fingerprint density at radius 3 is 2.33 bits per heavy atom. The normalized spacial score (nSPS) is 11.2. The number of aryl methyl sites for hydroxylation is 1. The van der Waals surface area contributed by atoms with Gasteiger partial charge in [-0.2, -0.15) is 0 Å². The summed E-state index contributed by atoms with van der Waals surface area (Å²) >= 11 is 0. The van der Waals surface area contributed by atoms with Gasteiger partial charge in [0, 0.05) is 14.1 Å². The van der Waals surface area contributed by atoms with Crippen LogP contribution in [0.5, 0.6) is 5.75 Å². The Labute approximate surface area is 110 Å². The average Bonchev–Trinajstić information content (AvgIpc) is 2.25. The molecule has 0 radical (unpaired) electrons. The number of hydrogen-bond donors (Lipinski definition) is 0. The van der Waals surface area contributed by atoms with E-state index in [1.807, 2.05) is 13.0 Å². The fourth-order valence-electron chi connectivity index (χ4n) is 1.55. The van der Waals surface area contributed by atoms with Crippen molar-refractivity contribution in [3.8, 4) is 5.75 Å². The van der Waals surface area contributed by atoms with Crippen LogP contribution in [0.4, 0.5) is 0 Å². The summed E-state index contributed by atoms with van der Waals surface area (Å²) in [6, 6.07) is 6.12. The molecule has 0 fully saturated rings. The van der Waals surface area contributed by atoms with Gasteiger partial charge in [-0.15, -0.1) is 0 Å². The minimum atomic E-state index is -0.0331. The Morgan fingerprint density at radius 2 is 1.89 bits per heavy atom. The highest BCUT2D eigenvalue weighted by Gasteiger charge is 2.15. The molecule has 100 valence electrons. The zero-order chi connectivity index (χ0) is 13.9. The largest absolute Gasteiger partial charge is 0.484 e. The Morgan fingerprint density at radius 1 is 1.28 bits per heavy atom. The molecule has 0 aliphatic heterocycles. The Kier molecular flexibility index (Phi) is 4.38. The topological polar surface area (TPSA) is 29.5 Å². The third-order valence-electron chi connectivity index (χ3n) is 2.89. The Balaban J connectivity index is 2.78. The lowest BCUT2D eigenvalue weighted by Gasteiger charge is -2.20. The lowest BCUT2D eigenvalue weighted by molar-refractivity contribution is -0.130. The zero-order valence-corrected chi connectivity index (χ0v) is 12.2. The molecule has 1 aromatic rings. The van der Waals surface area contributed by atoms with Gasteiger partial charge in [0.2, 0.25) is 0 Å². The molecule has 18 heavy (non-hydrogen) atoms. The van der Waals surface area contributed by atoms with Crippen molar-refractivity contribution in [2.75, 3.05) is 20.7 Å². The van der Waals surface area contributed by atoms with Crippen LogP contribution in [0.2, 0.25) is 0 Å². The molecule has 1 amide bonds. The molecule has 0 aliphatic rings. The SMILES string of the molecule is Cc1cc(C(C)(C)C)ccc1OCC(=O)N(C)C. The smallest absolute Gasteiger partial charge is 0.259 e. The number of nitrogens with zero attached hydrogens (tertiary/aromatic N) is 1. The van der Waals surface area contributed by atoms with Crippen molar-refractivity contribution in [1.82, 2.24) is 4.90 Å². The summed E-state index contributed by atoms with van der Waals surface area (Å²) in [5, 5.41) is 0.